The maximum atomic E-state index is 11.2. The molecule has 1 N–H and O–H groups in total. The van der Waals surface area contributed by atoms with Crippen LogP contribution in [0.4, 0.5) is 0 Å². The van der Waals surface area contributed by atoms with Gasteiger partial charge in [-0.2, -0.15) is 5.26 Å². The van der Waals surface area contributed by atoms with Crippen molar-refractivity contribution >= 4 is 39.5 Å². The van der Waals surface area contributed by atoms with E-state index in [2.05, 4.69) is 11.1 Å². The van der Waals surface area contributed by atoms with Crippen LogP contribution in [0.2, 0.25) is 0 Å². The Hall–Kier alpha value is -3.30. The molecule has 0 fully saturated rings. The summed E-state index contributed by atoms with van der Waals surface area (Å²) in [6.45, 7) is 0. The van der Waals surface area contributed by atoms with Crippen LogP contribution in [0.15, 0.2) is 59.8 Å². The number of carbonyl (C=O) groups is 1. The molecule has 6 heteroatoms. The lowest BCUT2D eigenvalue weighted by molar-refractivity contribution is -0.133. The highest BCUT2D eigenvalue weighted by atomic mass is 32.2. The number of aliphatic carboxylic acids is 1. The third-order valence-electron chi connectivity index (χ3n) is 4.54. The maximum Gasteiger partial charge on any atom is 0.313 e. The summed E-state index contributed by atoms with van der Waals surface area (Å²) < 4.78 is 1.94. The van der Waals surface area contributed by atoms with Crippen LogP contribution < -0.4 is 0 Å². The minimum Gasteiger partial charge on any atom is -0.481 e. The van der Waals surface area contributed by atoms with Crippen LogP contribution in [0, 0.1) is 11.3 Å². The van der Waals surface area contributed by atoms with E-state index >= 15 is 0 Å². The Morgan fingerprint density at radius 2 is 1.89 bits per heavy atom. The molecule has 27 heavy (non-hydrogen) atoms. The van der Waals surface area contributed by atoms with Gasteiger partial charge >= 0.3 is 5.97 Å². The number of fused-ring (bicyclic) bond motifs is 2. The van der Waals surface area contributed by atoms with Crippen molar-refractivity contribution in [1.82, 2.24) is 9.55 Å². The first-order valence-corrected chi connectivity index (χ1v) is 9.30. The lowest BCUT2D eigenvalue weighted by atomic mass is 9.95. The van der Waals surface area contributed by atoms with Gasteiger partial charge in [0.15, 0.2) is 0 Å². The zero-order valence-corrected chi connectivity index (χ0v) is 15.3. The van der Waals surface area contributed by atoms with E-state index in [0.29, 0.717) is 5.56 Å². The van der Waals surface area contributed by atoms with Crippen molar-refractivity contribution in [1.29, 1.82) is 5.26 Å². The minimum absolute atomic E-state index is 0.0363. The number of carboxylic acid groups (broad SMARTS) is 1. The molecule has 2 aromatic heterocycles. The normalized spacial score (nSPS) is 11.0. The number of hydrogen-bond donors (Lipinski definition) is 1. The Bertz CT molecular complexity index is 1240. The summed E-state index contributed by atoms with van der Waals surface area (Å²) in [6, 6.07) is 17.7. The highest BCUT2D eigenvalue weighted by molar-refractivity contribution is 8.00. The SMILES string of the molecule is Cn1c(SCC(=O)O)c(-c2ccc(C#N)c3ccccc23)c2cccnc21. The first-order valence-electron chi connectivity index (χ1n) is 8.32. The molecular formula is C21H15N3O2S. The summed E-state index contributed by atoms with van der Waals surface area (Å²) in [5.74, 6) is -0.903. The largest absolute Gasteiger partial charge is 0.481 e. The maximum absolute atomic E-state index is 11.2. The molecule has 4 rings (SSSR count). The van der Waals surface area contributed by atoms with Crippen molar-refractivity contribution < 1.29 is 9.90 Å². The van der Waals surface area contributed by atoms with Crippen LogP contribution in [-0.2, 0) is 11.8 Å². The van der Waals surface area contributed by atoms with E-state index in [1.54, 1.807) is 6.20 Å². The zero-order valence-electron chi connectivity index (χ0n) is 14.5. The number of benzene rings is 2. The number of thioether (sulfide) groups is 1. The molecule has 0 unspecified atom stereocenters. The summed E-state index contributed by atoms with van der Waals surface area (Å²) >= 11 is 1.28. The van der Waals surface area contributed by atoms with Gasteiger partial charge in [-0.3, -0.25) is 4.79 Å². The first-order chi connectivity index (χ1) is 13.1. The molecule has 132 valence electrons. The predicted molar refractivity (Wildman–Crippen MR) is 107 cm³/mol. The smallest absolute Gasteiger partial charge is 0.313 e. The van der Waals surface area contributed by atoms with Crippen LogP contribution in [0.5, 0.6) is 0 Å². The Balaban J connectivity index is 2.08. The van der Waals surface area contributed by atoms with Crippen molar-refractivity contribution in [3.05, 3.63) is 60.3 Å². The van der Waals surface area contributed by atoms with E-state index in [9.17, 15) is 10.1 Å². The van der Waals surface area contributed by atoms with Crippen molar-refractivity contribution in [3.63, 3.8) is 0 Å². The third kappa shape index (κ3) is 2.82. The van der Waals surface area contributed by atoms with Gasteiger partial charge in [0.05, 0.1) is 22.4 Å². The third-order valence-corrected chi connectivity index (χ3v) is 5.68. The molecule has 2 aromatic carbocycles. The average Bonchev–Trinajstić information content (AvgIpc) is 2.97. The van der Waals surface area contributed by atoms with Crippen molar-refractivity contribution in [2.75, 3.05) is 5.75 Å². The Labute approximate surface area is 159 Å². The number of nitrogens with zero attached hydrogens (tertiary/aromatic N) is 3. The molecule has 0 radical (unpaired) electrons. The number of aromatic nitrogens is 2. The Kier molecular flexibility index (Phi) is 4.30. The second-order valence-corrected chi connectivity index (χ2v) is 7.08. The van der Waals surface area contributed by atoms with Gasteiger partial charge in [-0.1, -0.05) is 42.1 Å². The molecule has 0 aliphatic rings. The lowest BCUT2D eigenvalue weighted by Crippen LogP contribution is -2.00. The van der Waals surface area contributed by atoms with Crippen LogP contribution >= 0.6 is 11.8 Å². The van der Waals surface area contributed by atoms with Gasteiger partial charge in [-0.25, -0.2) is 4.98 Å². The zero-order chi connectivity index (χ0) is 19.0. The number of carboxylic acids is 1. The van der Waals surface area contributed by atoms with E-state index in [4.69, 9.17) is 5.11 Å². The standard InChI is InChI=1S/C21H15N3O2S/c1-24-20-17(7-4-10-23-20)19(21(24)27-12-18(25)26)16-9-8-13(11-22)14-5-2-3-6-15(14)16/h2-10H,12H2,1H3,(H,25,26). The van der Waals surface area contributed by atoms with E-state index in [1.807, 2.05) is 60.1 Å². The molecule has 0 saturated heterocycles. The van der Waals surface area contributed by atoms with E-state index < -0.39 is 5.97 Å². The Morgan fingerprint density at radius 3 is 2.63 bits per heavy atom. The fourth-order valence-electron chi connectivity index (χ4n) is 3.41. The van der Waals surface area contributed by atoms with Gasteiger partial charge in [-0.05, 0) is 29.1 Å². The summed E-state index contributed by atoms with van der Waals surface area (Å²) in [6.07, 6.45) is 1.73. The van der Waals surface area contributed by atoms with E-state index in [1.165, 1.54) is 11.8 Å². The second-order valence-electron chi connectivity index (χ2n) is 6.11. The number of rotatable bonds is 4. The first kappa shape index (κ1) is 17.1. The minimum atomic E-state index is -0.867. The van der Waals surface area contributed by atoms with Crippen molar-refractivity contribution in [2.45, 2.75) is 5.03 Å². The number of pyridine rings is 1. The van der Waals surface area contributed by atoms with E-state index in [-0.39, 0.29) is 5.75 Å². The van der Waals surface area contributed by atoms with Crippen LogP contribution in [0.1, 0.15) is 5.56 Å². The van der Waals surface area contributed by atoms with Crippen LogP contribution in [0.3, 0.4) is 0 Å². The molecule has 0 spiro atoms. The van der Waals surface area contributed by atoms with Gasteiger partial charge in [0.25, 0.3) is 0 Å². The summed E-state index contributed by atoms with van der Waals surface area (Å²) in [7, 11) is 1.90. The highest BCUT2D eigenvalue weighted by Gasteiger charge is 2.20. The molecule has 0 aliphatic heterocycles. The fourth-order valence-corrected chi connectivity index (χ4v) is 4.32. The molecule has 0 amide bonds. The molecular weight excluding hydrogens is 358 g/mol. The summed E-state index contributed by atoms with van der Waals surface area (Å²) in [4.78, 5) is 15.6. The van der Waals surface area contributed by atoms with Crippen LogP contribution in [-0.4, -0.2) is 26.4 Å². The van der Waals surface area contributed by atoms with Gasteiger partial charge < -0.3 is 9.67 Å². The number of nitriles is 1. The molecule has 5 nitrogen and oxygen atoms in total. The predicted octanol–water partition coefficient (Wildman–Crippen LogP) is 4.44. The number of aryl methyl sites for hydroxylation is 1. The van der Waals surface area contributed by atoms with Gasteiger partial charge in [0.1, 0.15) is 5.65 Å². The molecule has 4 aromatic rings. The summed E-state index contributed by atoms with van der Waals surface area (Å²) in [5.41, 5.74) is 3.34. The number of hydrogen-bond acceptors (Lipinski definition) is 4. The highest BCUT2D eigenvalue weighted by Crippen LogP contribution is 2.42. The topological polar surface area (TPSA) is 78.9 Å². The molecule has 2 heterocycles. The van der Waals surface area contributed by atoms with Gasteiger partial charge in [0, 0.05) is 29.6 Å². The average molecular weight is 373 g/mol. The van der Waals surface area contributed by atoms with Crippen molar-refractivity contribution in [3.8, 4) is 17.2 Å². The quantitative estimate of drug-likeness (QED) is 0.535. The van der Waals surface area contributed by atoms with Gasteiger partial charge in [-0.15, -0.1) is 0 Å². The molecule has 0 atom stereocenters. The monoisotopic (exact) mass is 373 g/mol. The summed E-state index contributed by atoms with van der Waals surface area (Å²) in [5, 5.41) is 22.3. The van der Waals surface area contributed by atoms with Gasteiger partial charge in [0.2, 0.25) is 0 Å². The molecule has 0 bridgehead atoms. The Morgan fingerprint density at radius 1 is 1.15 bits per heavy atom. The molecule has 0 aliphatic carbocycles. The van der Waals surface area contributed by atoms with Crippen molar-refractivity contribution in [2.24, 2.45) is 7.05 Å². The molecule has 0 saturated carbocycles. The van der Waals surface area contributed by atoms with E-state index in [0.717, 1.165) is 38.0 Å². The lowest BCUT2D eigenvalue weighted by Gasteiger charge is -2.10. The van der Waals surface area contributed by atoms with Crippen LogP contribution in [0.25, 0.3) is 32.9 Å². The second kappa shape index (κ2) is 6.78. The fraction of sp³-hybridized carbons (Fsp3) is 0.0952.